The van der Waals surface area contributed by atoms with E-state index in [1.807, 2.05) is 6.92 Å². The van der Waals surface area contributed by atoms with Gasteiger partial charge in [0.25, 0.3) is 0 Å². The molecule has 1 fully saturated rings. The molecule has 0 saturated heterocycles. The fraction of sp³-hybridized carbons (Fsp3) is 0.500. The van der Waals surface area contributed by atoms with Crippen molar-refractivity contribution in [2.45, 2.75) is 39.0 Å². The van der Waals surface area contributed by atoms with Crippen molar-refractivity contribution in [1.82, 2.24) is 15.1 Å². The van der Waals surface area contributed by atoms with Gasteiger partial charge in [0, 0.05) is 23.1 Å². The molecule has 2 aliphatic rings. The van der Waals surface area contributed by atoms with E-state index in [0.717, 1.165) is 17.7 Å². The molecule has 6 nitrogen and oxygen atoms in total. The van der Waals surface area contributed by atoms with Crippen LogP contribution in [0.15, 0.2) is 29.3 Å². The van der Waals surface area contributed by atoms with Gasteiger partial charge in [-0.15, -0.1) is 0 Å². The number of nitrogens with zero attached hydrogens (tertiary/aromatic N) is 3. The summed E-state index contributed by atoms with van der Waals surface area (Å²) >= 11 is 0. The maximum atomic E-state index is 13.3. The first-order chi connectivity index (χ1) is 11.5. The second-order valence-corrected chi connectivity index (χ2v) is 7.16. The first kappa shape index (κ1) is 15.2. The largest absolute Gasteiger partial charge is 0.361 e. The molecule has 0 bridgehead atoms. The Kier molecular flexibility index (Phi) is 3.37. The topological polar surface area (TPSA) is 86.0 Å². The van der Waals surface area contributed by atoms with Gasteiger partial charge in [-0.25, -0.2) is 9.97 Å². The Labute approximate surface area is 139 Å². The number of hydrogen-bond acceptors (Lipinski definition) is 6. The van der Waals surface area contributed by atoms with Crippen LogP contribution < -0.4 is 0 Å². The summed E-state index contributed by atoms with van der Waals surface area (Å²) in [6, 6.07) is 1.58. The molecular weight excluding hydrogens is 306 g/mol. The van der Waals surface area contributed by atoms with Gasteiger partial charge in [0.1, 0.15) is 23.6 Å². The summed E-state index contributed by atoms with van der Waals surface area (Å²) in [4.78, 5) is 33.9. The predicted octanol–water partition coefficient (Wildman–Crippen LogP) is 2.61. The molecule has 124 valence electrons. The molecule has 2 aromatic rings. The van der Waals surface area contributed by atoms with Crippen LogP contribution in [-0.2, 0) is 11.2 Å². The third kappa shape index (κ3) is 2.05. The van der Waals surface area contributed by atoms with Gasteiger partial charge < -0.3 is 4.52 Å². The molecule has 4 rings (SSSR count). The summed E-state index contributed by atoms with van der Waals surface area (Å²) in [6.07, 6.45) is 6.56. The molecule has 0 N–H and O–H groups in total. The lowest BCUT2D eigenvalue weighted by atomic mass is 9.54. The van der Waals surface area contributed by atoms with Crippen LogP contribution in [0.4, 0.5) is 0 Å². The van der Waals surface area contributed by atoms with Crippen LogP contribution in [0.25, 0.3) is 0 Å². The van der Waals surface area contributed by atoms with Gasteiger partial charge in [-0.2, -0.15) is 0 Å². The number of carbonyl (C=O) groups excluding carboxylic acids is 2. The molecule has 2 heterocycles. The number of fused-ring (bicyclic) bond motifs is 2. The van der Waals surface area contributed by atoms with Crippen molar-refractivity contribution in [3.63, 3.8) is 0 Å². The molecule has 0 radical (unpaired) electrons. The van der Waals surface area contributed by atoms with Crippen molar-refractivity contribution in [3.05, 3.63) is 41.8 Å². The lowest BCUT2D eigenvalue weighted by Gasteiger charge is -2.47. The van der Waals surface area contributed by atoms with Crippen LogP contribution in [-0.4, -0.2) is 26.7 Å². The van der Waals surface area contributed by atoms with Gasteiger partial charge in [-0.1, -0.05) is 19.0 Å². The Morgan fingerprint density at radius 2 is 2.21 bits per heavy atom. The van der Waals surface area contributed by atoms with E-state index in [1.54, 1.807) is 12.3 Å². The first-order valence-corrected chi connectivity index (χ1v) is 8.30. The van der Waals surface area contributed by atoms with Gasteiger partial charge in [-0.05, 0) is 31.2 Å². The number of hydrogen-bond donors (Lipinski definition) is 0. The molecule has 0 spiro atoms. The lowest BCUT2D eigenvalue weighted by molar-refractivity contribution is -0.139. The van der Waals surface area contributed by atoms with E-state index in [9.17, 15) is 9.59 Å². The molecule has 2 aliphatic carbocycles. The van der Waals surface area contributed by atoms with Crippen LogP contribution in [0.1, 0.15) is 54.4 Å². The number of rotatable bonds is 2. The lowest BCUT2D eigenvalue weighted by Crippen LogP contribution is -2.51. The van der Waals surface area contributed by atoms with Gasteiger partial charge in [0.05, 0.1) is 12.1 Å². The second-order valence-electron chi connectivity index (χ2n) is 7.16. The average molecular weight is 325 g/mol. The normalized spacial score (nSPS) is 32.1. The van der Waals surface area contributed by atoms with Gasteiger partial charge in [0.15, 0.2) is 5.78 Å². The van der Waals surface area contributed by atoms with Crippen molar-refractivity contribution < 1.29 is 14.1 Å². The summed E-state index contributed by atoms with van der Waals surface area (Å²) in [6.45, 7) is 4.08. The summed E-state index contributed by atoms with van der Waals surface area (Å²) in [5.41, 5.74) is 0.758. The fourth-order valence-electron chi connectivity index (χ4n) is 4.62. The van der Waals surface area contributed by atoms with E-state index < -0.39 is 11.3 Å². The minimum Gasteiger partial charge on any atom is -0.361 e. The molecule has 1 saturated carbocycles. The van der Waals surface area contributed by atoms with Crippen LogP contribution in [0, 0.1) is 17.3 Å². The van der Waals surface area contributed by atoms with Crippen LogP contribution >= 0.6 is 0 Å². The molecule has 4 atom stereocenters. The van der Waals surface area contributed by atoms with Crippen molar-refractivity contribution in [2.24, 2.45) is 17.3 Å². The predicted molar refractivity (Wildman–Crippen MR) is 84.3 cm³/mol. The minimum absolute atomic E-state index is 0.0288. The summed E-state index contributed by atoms with van der Waals surface area (Å²) < 4.78 is 5.40. The van der Waals surface area contributed by atoms with E-state index in [4.69, 9.17) is 4.52 Å². The first-order valence-electron chi connectivity index (χ1n) is 8.30. The van der Waals surface area contributed by atoms with E-state index in [-0.39, 0.29) is 23.4 Å². The van der Waals surface area contributed by atoms with Crippen molar-refractivity contribution in [2.75, 3.05) is 0 Å². The Morgan fingerprint density at radius 3 is 2.96 bits per heavy atom. The highest BCUT2D eigenvalue weighted by atomic mass is 16.5. The molecule has 0 aliphatic heterocycles. The Balaban J connectivity index is 1.68. The monoisotopic (exact) mass is 325 g/mol. The second kappa shape index (κ2) is 5.33. The Morgan fingerprint density at radius 1 is 1.38 bits per heavy atom. The van der Waals surface area contributed by atoms with E-state index >= 15 is 0 Å². The van der Waals surface area contributed by atoms with Crippen LogP contribution in [0.5, 0.6) is 0 Å². The zero-order valence-electron chi connectivity index (χ0n) is 13.7. The molecule has 24 heavy (non-hydrogen) atoms. The molecule has 6 heteroatoms. The third-order valence-corrected chi connectivity index (χ3v) is 5.87. The Bertz CT molecular complexity index is 801. The molecular formula is C18H19N3O3. The SMILES string of the molecule is C[C@H]1c2oncc2C[C@@]2(C)C(=O)C(C(=O)c3ccncn3)CC[C@H]12. The van der Waals surface area contributed by atoms with Crippen LogP contribution in [0.2, 0.25) is 0 Å². The van der Waals surface area contributed by atoms with Gasteiger partial charge >= 0.3 is 0 Å². The van der Waals surface area contributed by atoms with Gasteiger partial charge in [0.2, 0.25) is 0 Å². The van der Waals surface area contributed by atoms with Crippen molar-refractivity contribution >= 4 is 11.6 Å². The van der Waals surface area contributed by atoms with Crippen molar-refractivity contribution in [1.29, 1.82) is 0 Å². The average Bonchev–Trinajstić information content (AvgIpc) is 3.05. The maximum Gasteiger partial charge on any atom is 0.191 e. The quantitative estimate of drug-likeness (QED) is 0.623. The van der Waals surface area contributed by atoms with E-state index in [0.29, 0.717) is 18.5 Å². The molecule has 2 aromatic heterocycles. The fourth-order valence-corrected chi connectivity index (χ4v) is 4.62. The Hall–Kier alpha value is -2.37. The van der Waals surface area contributed by atoms with Gasteiger partial charge in [-0.3, -0.25) is 9.59 Å². The highest BCUT2D eigenvalue weighted by Crippen LogP contribution is 2.53. The highest BCUT2D eigenvalue weighted by Gasteiger charge is 2.55. The third-order valence-electron chi connectivity index (χ3n) is 5.87. The molecule has 1 unspecified atom stereocenters. The molecule has 0 aromatic carbocycles. The van der Waals surface area contributed by atoms with E-state index in [1.165, 1.54) is 12.5 Å². The number of carbonyl (C=O) groups is 2. The number of aromatic nitrogens is 3. The minimum atomic E-state index is -0.616. The highest BCUT2D eigenvalue weighted by molar-refractivity contribution is 6.11. The van der Waals surface area contributed by atoms with Crippen molar-refractivity contribution in [3.8, 4) is 0 Å². The zero-order chi connectivity index (χ0) is 16.9. The number of Topliss-reactive ketones (excluding diaryl/α,β-unsaturated/α-hetero) is 2. The summed E-state index contributed by atoms with van der Waals surface area (Å²) in [5.74, 6) is 0.438. The van der Waals surface area contributed by atoms with E-state index in [2.05, 4.69) is 22.0 Å². The standard InChI is InChI=1S/C18H19N3O3/c1-10-13-4-3-12(15(22)14-5-6-19-9-20-14)17(23)18(13,2)7-11-8-21-24-16(10)11/h5-6,8-10,12-13H,3-4,7H2,1-2H3/t10-,12?,13-,18-/m1/s1. The zero-order valence-corrected chi connectivity index (χ0v) is 13.7. The smallest absolute Gasteiger partial charge is 0.191 e. The molecule has 0 amide bonds. The maximum absolute atomic E-state index is 13.3. The van der Waals surface area contributed by atoms with Crippen LogP contribution in [0.3, 0.4) is 0 Å². The number of ketones is 2. The summed E-state index contributed by atoms with van der Waals surface area (Å²) in [7, 11) is 0. The summed E-state index contributed by atoms with van der Waals surface area (Å²) in [5, 5.41) is 3.90.